The van der Waals surface area contributed by atoms with E-state index in [1.807, 2.05) is 12.3 Å². The smallest absolute Gasteiger partial charge is 0.293 e. The maximum Gasteiger partial charge on any atom is 0.293 e. The second-order valence-corrected chi connectivity index (χ2v) is 5.26. The molecular formula is C12H12ClN3O2S. The highest BCUT2D eigenvalue weighted by molar-refractivity contribution is 7.09. The second kappa shape index (κ2) is 5.99. The predicted molar refractivity (Wildman–Crippen MR) is 76.9 cm³/mol. The molecule has 0 saturated heterocycles. The van der Waals surface area contributed by atoms with E-state index in [1.54, 1.807) is 18.3 Å². The number of nitrogens with zero attached hydrogens (tertiary/aromatic N) is 2. The Hall–Kier alpha value is -1.66. The molecule has 100 valence electrons. The molecule has 19 heavy (non-hydrogen) atoms. The predicted octanol–water partition coefficient (Wildman–Crippen LogP) is 4.27. The number of rotatable bonds is 5. The van der Waals surface area contributed by atoms with E-state index in [9.17, 15) is 10.1 Å². The first-order valence-corrected chi connectivity index (χ1v) is 6.97. The SMILES string of the molecule is CCC(Nc1ccc(Cl)cc1[N+](=O)[O-])c1nccs1. The van der Waals surface area contributed by atoms with Crippen LogP contribution in [0.1, 0.15) is 24.4 Å². The lowest BCUT2D eigenvalue weighted by Gasteiger charge is -2.15. The third-order valence-electron chi connectivity index (χ3n) is 2.64. The molecule has 1 atom stereocenters. The van der Waals surface area contributed by atoms with Crippen LogP contribution in [0.2, 0.25) is 5.02 Å². The van der Waals surface area contributed by atoms with Crippen LogP contribution in [0, 0.1) is 10.1 Å². The van der Waals surface area contributed by atoms with Crippen LogP contribution >= 0.6 is 22.9 Å². The normalized spacial score (nSPS) is 12.1. The number of thiazole rings is 1. The van der Waals surface area contributed by atoms with Crippen molar-refractivity contribution in [3.63, 3.8) is 0 Å². The molecule has 0 amide bonds. The van der Waals surface area contributed by atoms with Gasteiger partial charge in [0.1, 0.15) is 10.7 Å². The van der Waals surface area contributed by atoms with Gasteiger partial charge in [-0.3, -0.25) is 10.1 Å². The van der Waals surface area contributed by atoms with Gasteiger partial charge < -0.3 is 5.32 Å². The first kappa shape index (κ1) is 13.8. The third kappa shape index (κ3) is 3.21. The van der Waals surface area contributed by atoms with Crippen molar-refractivity contribution < 1.29 is 4.92 Å². The second-order valence-electron chi connectivity index (χ2n) is 3.89. The summed E-state index contributed by atoms with van der Waals surface area (Å²) in [5.41, 5.74) is 0.430. The van der Waals surface area contributed by atoms with E-state index in [-0.39, 0.29) is 11.7 Å². The van der Waals surface area contributed by atoms with Crippen LogP contribution < -0.4 is 5.32 Å². The van der Waals surface area contributed by atoms with Crippen LogP contribution in [0.3, 0.4) is 0 Å². The van der Waals surface area contributed by atoms with Crippen LogP contribution in [0.5, 0.6) is 0 Å². The van der Waals surface area contributed by atoms with Crippen LogP contribution in [-0.2, 0) is 0 Å². The van der Waals surface area contributed by atoms with Gasteiger partial charge in [-0.05, 0) is 18.6 Å². The Morgan fingerprint density at radius 1 is 1.58 bits per heavy atom. The molecule has 1 unspecified atom stereocenters. The summed E-state index contributed by atoms with van der Waals surface area (Å²) in [5, 5.41) is 17.3. The van der Waals surface area contributed by atoms with Gasteiger partial charge in [0.05, 0.1) is 11.0 Å². The molecule has 1 aromatic heterocycles. The fraction of sp³-hybridized carbons (Fsp3) is 0.250. The van der Waals surface area contributed by atoms with Gasteiger partial charge >= 0.3 is 0 Å². The Labute approximate surface area is 119 Å². The summed E-state index contributed by atoms with van der Waals surface area (Å²) in [6, 6.07) is 4.56. The molecule has 1 N–H and O–H groups in total. The number of aromatic nitrogens is 1. The van der Waals surface area contributed by atoms with E-state index in [1.165, 1.54) is 17.4 Å². The van der Waals surface area contributed by atoms with Gasteiger partial charge in [-0.15, -0.1) is 11.3 Å². The zero-order valence-corrected chi connectivity index (χ0v) is 11.7. The number of halogens is 1. The Balaban J connectivity index is 2.29. The van der Waals surface area contributed by atoms with Gasteiger partial charge in [0.15, 0.2) is 0 Å². The van der Waals surface area contributed by atoms with Gasteiger partial charge in [0.25, 0.3) is 5.69 Å². The van der Waals surface area contributed by atoms with E-state index in [4.69, 9.17) is 11.6 Å². The maximum atomic E-state index is 11.0. The van der Waals surface area contributed by atoms with Gasteiger partial charge in [0.2, 0.25) is 0 Å². The Kier molecular flexibility index (Phi) is 4.34. The summed E-state index contributed by atoms with van der Waals surface area (Å²) in [5.74, 6) is 0. The third-order valence-corrected chi connectivity index (χ3v) is 3.77. The number of nitrogens with one attached hydrogen (secondary N) is 1. The molecule has 0 aliphatic carbocycles. The number of anilines is 1. The molecule has 2 rings (SSSR count). The van der Waals surface area contributed by atoms with Crippen molar-refractivity contribution in [2.24, 2.45) is 0 Å². The van der Waals surface area contributed by atoms with E-state index in [0.717, 1.165) is 11.4 Å². The topological polar surface area (TPSA) is 68.1 Å². The molecule has 5 nitrogen and oxygen atoms in total. The number of hydrogen-bond donors (Lipinski definition) is 1. The van der Waals surface area contributed by atoms with Crippen molar-refractivity contribution in [1.29, 1.82) is 0 Å². The molecule has 0 bridgehead atoms. The van der Waals surface area contributed by atoms with Crippen LogP contribution in [0.15, 0.2) is 29.8 Å². The standard InChI is InChI=1S/C12H12ClN3O2S/c1-2-9(12-14-5-6-19-12)15-10-4-3-8(13)7-11(10)16(17)18/h3-7,9,15H,2H2,1H3. The van der Waals surface area contributed by atoms with Crippen molar-refractivity contribution >= 4 is 34.3 Å². The van der Waals surface area contributed by atoms with E-state index < -0.39 is 4.92 Å². The molecule has 0 aliphatic heterocycles. The fourth-order valence-corrected chi connectivity index (χ4v) is 2.65. The Bertz CT molecular complexity index is 574. The minimum absolute atomic E-state index is 0.0255. The lowest BCUT2D eigenvalue weighted by Crippen LogP contribution is -2.10. The van der Waals surface area contributed by atoms with Crippen molar-refractivity contribution in [1.82, 2.24) is 4.98 Å². The fourth-order valence-electron chi connectivity index (χ4n) is 1.71. The molecule has 7 heteroatoms. The zero-order chi connectivity index (χ0) is 13.8. The zero-order valence-electron chi connectivity index (χ0n) is 10.2. The first-order valence-electron chi connectivity index (χ1n) is 5.71. The van der Waals surface area contributed by atoms with Crippen LogP contribution in [0.25, 0.3) is 0 Å². The molecule has 1 heterocycles. The van der Waals surface area contributed by atoms with Crippen molar-refractivity contribution in [3.05, 3.63) is 49.9 Å². The van der Waals surface area contributed by atoms with Crippen LogP contribution in [-0.4, -0.2) is 9.91 Å². The quantitative estimate of drug-likeness (QED) is 0.661. The van der Waals surface area contributed by atoms with Crippen molar-refractivity contribution in [2.75, 3.05) is 5.32 Å². The molecular weight excluding hydrogens is 286 g/mol. The number of hydrogen-bond acceptors (Lipinski definition) is 5. The summed E-state index contributed by atoms with van der Waals surface area (Å²) in [4.78, 5) is 14.8. The highest BCUT2D eigenvalue weighted by Gasteiger charge is 2.19. The molecule has 0 saturated carbocycles. The Morgan fingerprint density at radius 3 is 2.95 bits per heavy atom. The minimum atomic E-state index is -0.442. The summed E-state index contributed by atoms with van der Waals surface area (Å²) in [6.07, 6.45) is 2.51. The van der Waals surface area contributed by atoms with Gasteiger partial charge in [-0.25, -0.2) is 4.98 Å². The summed E-state index contributed by atoms with van der Waals surface area (Å²) < 4.78 is 0. The monoisotopic (exact) mass is 297 g/mol. The lowest BCUT2D eigenvalue weighted by molar-refractivity contribution is -0.384. The van der Waals surface area contributed by atoms with Crippen LogP contribution in [0.4, 0.5) is 11.4 Å². The van der Waals surface area contributed by atoms with Gasteiger partial charge in [0, 0.05) is 22.7 Å². The summed E-state index contributed by atoms with van der Waals surface area (Å²) in [7, 11) is 0. The minimum Gasteiger partial charge on any atom is -0.370 e. The molecule has 1 aromatic carbocycles. The molecule has 0 spiro atoms. The van der Waals surface area contributed by atoms with Gasteiger partial charge in [-0.1, -0.05) is 18.5 Å². The highest BCUT2D eigenvalue weighted by atomic mass is 35.5. The highest BCUT2D eigenvalue weighted by Crippen LogP contribution is 2.32. The van der Waals surface area contributed by atoms with E-state index in [2.05, 4.69) is 10.3 Å². The summed E-state index contributed by atoms with van der Waals surface area (Å²) in [6.45, 7) is 2.00. The van der Waals surface area contributed by atoms with E-state index in [0.29, 0.717) is 10.7 Å². The number of nitro groups is 1. The first-order chi connectivity index (χ1) is 9.11. The maximum absolute atomic E-state index is 11.0. The van der Waals surface area contributed by atoms with E-state index >= 15 is 0 Å². The van der Waals surface area contributed by atoms with Crippen molar-refractivity contribution in [3.8, 4) is 0 Å². The average molecular weight is 298 g/mol. The largest absolute Gasteiger partial charge is 0.370 e. The number of benzene rings is 1. The lowest BCUT2D eigenvalue weighted by atomic mass is 10.2. The van der Waals surface area contributed by atoms with Gasteiger partial charge in [-0.2, -0.15) is 0 Å². The summed E-state index contributed by atoms with van der Waals surface area (Å²) >= 11 is 7.31. The molecule has 0 radical (unpaired) electrons. The average Bonchev–Trinajstić information content (AvgIpc) is 2.90. The number of nitro benzene ring substituents is 1. The molecule has 2 aromatic rings. The molecule has 0 fully saturated rings. The van der Waals surface area contributed by atoms with Crippen molar-refractivity contribution in [2.45, 2.75) is 19.4 Å². The molecule has 0 aliphatic rings. The Morgan fingerprint density at radius 2 is 2.37 bits per heavy atom.